The van der Waals surface area contributed by atoms with Gasteiger partial charge in [-0.25, -0.2) is 4.98 Å². The second kappa shape index (κ2) is 8.44. The van der Waals surface area contributed by atoms with E-state index in [2.05, 4.69) is 20.9 Å². The van der Waals surface area contributed by atoms with E-state index in [4.69, 9.17) is 14.2 Å². The first-order valence-electron chi connectivity index (χ1n) is 5.56. The number of ether oxygens (including phenoxy) is 3. The zero-order valence-electron chi connectivity index (χ0n) is 10.2. The van der Waals surface area contributed by atoms with Crippen molar-refractivity contribution in [2.75, 3.05) is 33.5 Å². The van der Waals surface area contributed by atoms with Crippen LogP contribution in [0.5, 0.6) is 5.88 Å². The van der Waals surface area contributed by atoms with Crippen LogP contribution in [-0.2, 0) is 9.47 Å². The van der Waals surface area contributed by atoms with Crippen LogP contribution in [0.3, 0.4) is 0 Å². The summed E-state index contributed by atoms with van der Waals surface area (Å²) in [4.78, 5) is 4.29. The summed E-state index contributed by atoms with van der Waals surface area (Å²) >= 11 is 3.40. The molecular formula is C12H18BrNO3. The zero-order chi connectivity index (χ0) is 12.5. The van der Waals surface area contributed by atoms with Gasteiger partial charge in [0.1, 0.15) is 0 Å². The lowest BCUT2D eigenvalue weighted by Crippen LogP contribution is -2.07. The van der Waals surface area contributed by atoms with Crippen LogP contribution in [0.25, 0.3) is 0 Å². The molecule has 0 bridgehead atoms. The molecule has 0 aromatic carbocycles. The fraction of sp³-hybridized carbons (Fsp3) is 0.583. The molecule has 1 rings (SSSR count). The van der Waals surface area contributed by atoms with Crippen LogP contribution in [0.2, 0.25) is 0 Å². The summed E-state index contributed by atoms with van der Waals surface area (Å²) in [5.41, 5.74) is 0.929. The maximum Gasteiger partial charge on any atom is 0.213 e. The number of halogens is 1. The molecule has 0 fully saturated rings. The van der Waals surface area contributed by atoms with Crippen molar-refractivity contribution in [1.82, 2.24) is 4.98 Å². The number of nitrogens with zero attached hydrogens (tertiary/aromatic N) is 1. The molecule has 1 heterocycles. The first-order chi connectivity index (χ1) is 8.24. The quantitative estimate of drug-likeness (QED) is 0.692. The number of aryl methyl sites for hydroxylation is 1. The Labute approximate surface area is 110 Å². The summed E-state index contributed by atoms with van der Waals surface area (Å²) in [6, 6.07) is 3.79. The van der Waals surface area contributed by atoms with E-state index < -0.39 is 0 Å². The molecular weight excluding hydrogens is 286 g/mol. The van der Waals surface area contributed by atoms with Crippen molar-refractivity contribution in [1.29, 1.82) is 0 Å². The van der Waals surface area contributed by atoms with Gasteiger partial charge in [0.05, 0.1) is 25.5 Å². The Balaban J connectivity index is 2.11. The van der Waals surface area contributed by atoms with Crippen LogP contribution < -0.4 is 4.74 Å². The van der Waals surface area contributed by atoms with E-state index in [1.165, 1.54) is 0 Å². The number of aromatic nitrogens is 1. The molecule has 0 atom stereocenters. The highest BCUT2D eigenvalue weighted by molar-refractivity contribution is 9.10. The fourth-order valence-electron chi connectivity index (χ4n) is 1.18. The first-order valence-corrected chi connectivity index (χ1v) is 6.36. The molecule has 0 amide bonds. The van der Waals surface area contributed by atoms with Crippen molar-refractivity contribution in [2.24, 2.45) is 0 Å². The van der Waals surface area contributed by atoms with Gasteiger partial charge < -0.3 is 14.2 Å². The fourth-order valence-corrected chi connectivity index (χ4v) is 1.40. The normalized spacial score (nSPS) is 10.5. The molecule has 0 radical (unpaired) electrons. The van der Waals surface area contributed by atoms with Gasteiger partial charge in [-0.05, 0) is 28.9 Å². The van der Waals surface area contributed by atoms with Crippen molar-refractivity contribution >= 4 is 15.9 Å². The van der Waals surface area contributed by atoms with Crippen LogP contribution in [0, 0.1) is 6.92 Å². The van der Waals surface area contributed by atoms with E-state index in [0.29, 0.717) is 32.3 Å². The summed E-state index contributed by atoms with van der Waals surface area (Å²) < 4.78 is 16.7. The highest BCUT2D eigenvalue weighted by Crippen LogP contribution is 2.17. The number of hydrogen-bond donors (Lipinski definition) is 0. The average Bonchev–Trinajstić information content (AvgIpc) is 2.32. The second-order valence-electron chi connectivity index (χ2n) is 3.52. The van der Waals surface area contributed by atoms with Gasteiger partial charge in [-0.1, -0.05) is 0 Å². The maximum atomic E-state index is 5.51. The van der Waals surface area contributed by atoms with Crippen LogP contribution in [0.1, 0.15) is 12.1 Å². The second-order valence-corrected chi connectivity index (χ2v) is 4.38. The van der Waals surface area contributed by atoms with Gasteiger partial charge in [-0.2, -0.15) is 0 Å². The van der Waals surface area contributed by atoms with Crippen molar-refractivity contribution in [3.05, 3.63) is 22.3 Å². The van der Waals surface area contributed by atoms with E-state index in [0.717, 1.165) is 16.6 Å². The van der Waals surface area contributed by atoms with Crippen molar-refractivity contribution in [2.45, 2.75) is 13.3 Å². The molecule has 0 saturated heterocycles. The molecule has 96 valence electrons. The molecule has 0 aliphatic carbocycles. The molecule has 1 aromatic rings. The molecule has 1 aromatic heterocycles. The van der Waals surface area contributed by atoms with Crippen LogP contribution >= 0.6 is 15.9 Å². The Bertz CT molecular complexity index is 334. The average molecular weight is 304 g/mol. The van der Waals surface area contributed by atoms with Crippen LogP contribution in [0.4, 0.5) is 0 Å². The number of rotatable bonds is 8. The van der Waals surface area contributed by atoms with Gasteiger partial charge in [-0.3, -0.25) is 0 Å². The van der Waals surface area contributed by atoms with Crippen LogP contribution in [-0.4, -0.2) is 38.5 Å². The lowest BCUT2D eigenvalue weighted by atomic mass is 10.4. The monoisotopic (exact) mass is 303 g/mol. The van der Waals surface area contributed by atoms with Gasteiger partial charge in [0, 0.05) is 30.7 Å². The topological polar surface area (TPSA) is 40.6 Å². The van der Waals surface area contributed by atoms with Gasteiger partial charge in [0.2, 0.25) is 5.88 Å². The minimum absolute atomic E-state index is 0.612. The van der Waals surface area contributed by atoms with Crippen molar-refractivity contribution < 1.29 is 14.2 Å². The van der Waals surface area contributed by atoms with Gasteiger partial charge in [0.25, 0.3) is 0 Å². The number of pyridine rings is 1. The predicted molar refractivity (Wildman–Crippen MR) is 69.5 cm³/mol. The third-order valence-electron chi connectivity index (χ3n) is 2.11. The SMILES string of the molecule is COCCOCCCOc1ccc(Br)c(C)n1. The lowest BCUT2D eigenvalue weighted by Gasteiger charge is -2.07. The summed E-state index contributed by atoms with van der Waals surface area (Å²) in [7, 11) is 1.66. The summed E-state index contributed by atoms with van der Waals surface area (Å²) in [6.45, 7) is 4.49. The highest BCUT2D eigenvalue weighted by atomic mass is 79.9. The standard InChI is InChI=1S/C12H18BrNO3/c1-10-11(13)4-5-12(14-10)17-7-3-6-16-9-8-15-2/h4-5H,3,6-9H2,1-2H3. The summed E-state index contributed by atoms with van der Waals surface area (Å²) in [5, 5.41) is 0. The molecule has 0 aliphatic heterocycles. The van der Waals surface area contributed by atoms with Crippen molar-refractivity contribution in [3.63, 3.8) is 0 Å². The number of hydrogen-bond acceptors (Lipinski definition) is 4. The minimum atomic E-state index is 0.612. The van der Waals surface area contributed by atoms with Crippen molar-refractivity contribution in [3.8, 4) is 5.88 Å². The Kier molecular flexibility index (Phi) is 7.16. The van der Waals surface area contributed by atoms with Gasteiger partial charge in [0.15, 0.2) is 0 Å². The smallest absolute Gasteiger partial charge is 0.213 e. The first kappa shape index (κ1) is 14.4. The third-order valence-corrected chi connectivity index (χ3v) is 2.95. The molecule has 0 unspecified atom stereocenters. The molecule has 5 heteroatoms. The Morgan fingerprint density at radius 3 is 2.71 bits per heavy atom. The van der Waals surface area contributed by atoms with E-state index in [1.54, 1.807) is 7.11 Å². The molecule has 0 aliphatic rings. The summed E-state index contributed by atoms with van der Waals surface area (Å²) in [6.07, 6.45) is 0.848. The molecule has 4 nitrogen and oxygen atoms in total. The third kappa shape index (κ3) is 6.00. The number of methoxy groups -OCH3 is 1. The largest absolute Gasteiger partial charge is 0.478 e. The molecule has 17 heavy (non-hydrogen) atoms. The Morgan fingerprint density at radius 2 is 2.00 bits per heavy atom. The Hall–Kier alpha value is -0.650. The molecule has 0 N–H and O–H groups in total. The highest BCUT2D eigenvalue weighted by Gasteiger charge is 1.99. The predicted octanol–water partition coefficient (Wildman–Crippen LogP) is 2.58. The minimum Gasteiger partial charge on any atom is -0.478 e. The van der Waals surface area contributed by atoms with E-state index in [-0.39, 0.29) is 0 Å². The summed E-state index contributed by atoms with van der Waals surface area (Å²) in [5.74, 6) is 0.655. The van der Waals surface area contributed by atoms with E-state index in [1.807, 2.05) is 19.1 Å². The van der Waals surface area contributed by atoms with E-state index >= 15 is 0 Å². The van der Waals surface area contributed by atoms with Gasteiger partial charge >= 0.3 is 0 Å². The Morgan fingerprint density at radius 1 is 1.18 bits per heavy atom. The zero-order valence-corrected chi connectivity index (χ0v) is 11.8. The van der Waals surface area contributed by atoms with E-state index in [9.17, 15) is 0 Å². The van der Waals surface area contributed by atoms with Crippen LogP contribution in [0.15, 0.2) is 16.6 Å². The van der Waals surface area contributed by atoms with Gasteiger partial charge in [-0.15, -0.1) is 0 Å². The molecule has 0 spiro atoms. The maximum absolute atomic E-state index is 5.51. The lowest BCUT2D eigenvalue weighted by molar-refractivity contribution is 0.0642. The molecule has 0 saturated carbocycles.